The number of aromatic nitrogens is 1. The highest BCUT2D eigenvalue weighted by atomic mass is 32.2. The average molecular weight is 312 g/mol. The first kappa shape index (κ1) is 15.9. The molecule has 0 amide bonds. The summed E-state index contributed by atoms with van der Waals surface area (Å²) in [5.74, 6) is -0.490. The molecule has 116 valence electrons. The van der Waals surface area contributed by atoms with Gasteiger partial charge in [0.1, 0.15) is 6.04 Å². The van der Waals surface area contributed by atoms with Gasteiger partial charge in [0.15, 0.2) is 0 Å². The summed E-state index contributed by atoms with van der Waals surface area (Å²) >= 11 is 0. The van der Waals surface area contributed by atoms with Crippen LogP contribution < -0.4 is 0 Å². The normalized spacial score (nSPS) is 19.6. The molecule has 0 aliphatic carbocycles. The maximum atomic E-state index is 12.4. The molecule has 2 rings (SSSR count). The van der Waals surface area contributed by atoms with Crippen LogP contribution in [0.3, 0.4) is 0 Å². The van der Waals surface area contributed by atoms with E-state index in [0.29, 0.717) is 25.8 Å². The highest BCUT2D eigenvalue weighted by Crippen LogP contribution is 2.23. The van der Waals surface area contributed by atoms with Gasteiger partial charge in [-0.3, -0.25) is 9.78 Å². The fraction of sp³-hybridized carbons (Fsp3) is 0.571. The smallest absolute Gasteiger partial charge is 0.324 e. The van der Waals surface area contributed by atoms with Crippen LogP contribution in [-0.2, 0) is 26.0 Å². The molecule has 1 atom stereocenters. The molecule has 6 nitrogen and oxygen atoms in total. The minimum absolute atomic E-state index is 0.0417. The third-order valence-electron chi connectivity index (χ3n) is 3.46. The van der Waals surface area contributed by atoms with E-state index in [1.54, 1.807) is 25.3 Å². The second-order valence-electron chi connectivity index (χ2n) is 4.91. The third kappa shape index (κ3) is 4.01. The highest BCUT2D eigenvalue weighted by Gasteiger charge is 2.39. The van der Waals surface area contributed by atoms with Crippen molar-refractivity contribution in [2.45, 2.75) is 32.2 Å². The molecule has 1 saturated heterocycles. The number of aryl methyl sites for hydroxylation is 1. The van der Waals surface area contributed by atoms with Crippen LogP contribution in [0.5, 0.6) is 0 Å². The first-order chi connectivity index (χ1) is 10.0. The fourth-order valence-electron chi connectivity index (χ4n) is 2.44. The van der Waals surface area contributed by atoms with E-state index in [1.807, 2.05) is 6.07 Å². The van der Waals surface area contributed by atoms with E-state index < -0.39 is 22.0 Å². The Kier molecular flexibility index (Phi) is 5.30. The van der Waals surface area contributed by atoms with Crippen molar-refractivity contribution in [1.29, 1.82) is 0 Å². The topological polar surface area (TPSA) is 76.6 Å². The molecule has 1 aliphatic heterocycles. The highest BCUT2D eigenvalue weighted by molar-refractivity contribution is 7.89. The standard InChI is InChI=1S/C14H20N2O4S/c1-2-20-14(17)13-7-5-10-16(13)21(18,19)11-8-12-6-3-4-9-15-12/h3-4,6,9,13H,2,5,7-8,10-11H2,1H3. The van der Waals surface area contributed by atoms with E-state index in [9.17, 15) is 13.2 Å². The van der Waals surface area contributed by atoms with Gasteiger partial charge >= 0.3 is 5.97 Å². The number of carbonyl (C=O) groups is 1. The summed E-state index contributed by atoms with van der Waals surface area (Å²) in [6, 6.07) is 4.74. The van der Waals surface area contributed by atoms with Gasteiger partial charge in [0.2, 0.25) is 10.0 Å². The van der Waals surface area contributed by atoms with Crippen molar-refractivity contribution in [2.75, 3.05) is 18.9 Å². The van der Waals surface area contributed by atoms with Crippen LogP contribution in [0.25, 0.3) is 0 Å². The van der Waals surface area contributed by atoms with Crippen LogP contribution in [0.1, 0.15) is 25.5 Å². The lowest BCUT2D eigenvalue weighted by Gasteiger charge is -2.22. The minimum Gasteiger partial charge on any atom is -0.465 e. The van der Waals surface area contributed by atoms with E-state index in [4.69, 9.17) is 4.74 Å². The fourth-order valence-corrected chi connectivity index (χ4v) is 4.13. The second-order valence-corrected chi connectivity index (χ2v) is 6.95. The molecule has 1 fully saturated rings. The van der Waals surface area contributed by atoms with Crippen LogP contribution in [-0.4, -0.2) is 48.6 Å². The van der Waals surface area contributed by atoms with Crippen LogP contribution >= 0.6 is 0 Å². The zero-order chi connectivity index (χ0) is 15.3. The number of sulfonamides is 1. The summed E-state index contributed by atoms with van der Waals surface area (Å²) in [7, 11) is -3.48. The third-order valence-corrected chi connectivity index (χ3v) is 5.33. The van der Waals surface area contributed by atoms with Crippen molar-refractivity contribution in [3.8, 4) is 0 Å². The Morgan fingerprint density at radius 2 is 2.29 bits per heavy atom. The summed E-state index contributed by atoms with van der Waals surface area (Å²) in [4.78, 5) is 16.0. The molecule has 21 heavy (non-hydrogen) atoms. The molecule has 1 aromatic heterocycles. The van der Waals surface area contributed by atoms with E-state index in [-0.39, 0.29) is 12.4 Å². The summed E-state index contributed by atoms with van der Waals surface area (Å²) in [6.45, 7) is 2.36. The molecule has 0 spiro atoms. The summed E-state index contributed by atoms with van der Waals surface area (Å²) in [5, 5.41) is 0. The Balaban J connectivity index is 2.02. The van der Waals surface area contributed by atoms with Crippen molar-refractivity contribution in [2.24, 2.45) is 0 Å². The largest absolute Gasteiger partial charge is 0.465 e. The Morgan fingerprint density at radius 1 is 1.48 bits per heavy atom. The first-order valence-electron chi connectivity index (χ1n) is 7.10. The van der Waals surface area contributed by atoms with E-state index in [1.165, 1.54) is 4.31 Å². The lowest BCUT2D eigenvalue weighted by molar-refractivity contribution is -0.146. The van der Waals surface area contributed by atoms with Gasteiger partial charge in [-0.1, -0.05) is 6.07 Å². The number of ether oxygens (including phenoxy) is 1. The molecule has 1 aromatic rings. The predicted octanol–water partition coefficient (Wildman–Crippen LogP) is 0.981. The molecule has 0 N–H and O–H groups in total. The minimum atomic E-state index is -3.48. The number of rotatable bonds is 6. The van der Waals surface area contributed by atoms with Gasteiger partial charge in [-0.15, -0.1) is 0 Å². The first-order valence-corrected chi connectivity index (χ1v) is 8.71. The van der Waals surface area contributed by atoms with Crippen LogP contribution in [0, 0.1) is 0 Å². The Bertz CT molecular complexity index is 574. The van der Waals surface area contributed by atoms with E-state index >= 15 is 0 Å². The van der Waals surface area contributed by atoms with Crippen molar-refractivity contribution >= 4 is 16.0 Å². The molecule has 0 radical (unpaired) electrons. The lowest BCUT2D eigenvalue weighted by atomic mass is 10.2. The Hall–Kier alpha value is -1.47. The van der Waals surface area contributed by atoms with Crippen molar-refractivity contribution in [3.05, 3.63) is 30.1 Å². The van der Waals surface area contributed by atoms with Crippen molar-refractivity contribution in [3.63, 3.8) is 0 Å². The quantitative estimate of drug-likeness (QED) is 0.732. The van der Waals surface area contributed by atoms with Gasteiger partial charge in [0, 0.05) is 24.9 Å². The molecular formula is C14H20N2O4S. The Labute approximate surface area is 125 Å². The molecular weight excluding hydrogens is 292 g/mol. The molecule has 7 heteroatoms. The zero-order valence-electron chi connectivity index (χ0n) is 12.1. The Morgan fingerprint density at radius 3 is 2.95 bits per heavy atom. The van der Waals surface area contributed by atoms with Gasteiger partial charge < -0.3 is 4.74 Å². The number of pyridine rings is 1. The molecule has 0 aromatic carbocycles. The van der Waals surface area contributed by atoms with Gasteiger partial charge in [0.25, 0.3) is 0 Å². The summed E-state index contributed by atoms with van der Waals surface area (Å²) in [6.07, 6.45) is 3.20. The maximum Gasteiger partial charge on any atom is 0.324 e. The van der Waals surface area contributed by atoms with Gasteiger partial charge in [-0.25, -0.2) is 8.42 Å². The van der Waals surface area contributed by atoms with Crippen LogP contribution in [0.4, 0.5) is 0 Å². The van der Waals surface area contributed by atoms with E-state index in [2.05, 4.69) is 4.98 Å². The van der Waals surface area contributed by atoms with Crippen LogP contribution in [0.15, 0.2) is 24.4 Å². The van der Waals surface area contributed by atoms with Gasteiger partial charge in [-0.2, -0.15) is 4.31 Å². The predicted molar refractivity (Wildman–Crippen MR) is 78.1 cm³/mol. The monoisotopic (exact) mass is 312 g/mol. The molecule has 0 saturated carbocycles. The number of carbonyl (C=O) groups excluding carboxylic acids is 1. The molecule has 1 aliphatic rings. The van der Waals surface area contributed by atoms with Crippen molar-refractivity contribution in [1.82, 2.24) is 9.29 Å². The number of hydrogen-bond donors (Lipinski definition) is 0. The SMILES string of the molecule is CCOC(=O)C1CCCN1S(=O)(=O)CCc1ccccn1. The number of hydrogen-bond acceptors (Lipinski definition) is 5. The lowest BCUT2D eigenvalue weighted by Crippen LogP contribution is -2.42. The molecule has 2 heterocycles. The average Bonchev–Trinajstić information content (AvgIpc) is 2.97. The van der Waals surface area contributed by atoms with Crippen LogP contribution in [0.2, 0.25) is 0 Å². The van der Waals surface area contributed by atoms with Gasteiger partial charge in [0.05, 0.1) is 12.4 Å². The summed E-state index contributed by atoms with van der Waals surface area (Å²) in [5.41, 5.74) is 0.730. The van der Waals surface area contributed by atoms with Crippen molar-refractivity contribution < 1.29 is 17.9 Å². The maximum absolute atomic E-state index is 12.4. The number of esters is 1. The molecule has 1 unspecified atom stereocenters. The zero-order valence-corrected chi connectivity index (χ0v) is 12.9. The number of nitrogens with zero attached hydrogens (tertiary/aromatic N) is 2. The summed E-state index contributed by atoms with van der Waals surface area (Å²) < 4.78 is 31.1. The van der Waals surface area contributed by atoms with Gasteiger partial charge in [-0.05, 0) is 31.9 Å². The molecule has 0 bridgehead atoms. The second kappa shape index (κ2) is 7.00. The van der Waals surface area contributed by atoms with E-state index in [0.717, 1.165) is 5.69 Å².